The quantitative estimate of drug-likeness (QED) is 0.484. The Morgan fingerprint density at radius 2 is 1.71 bits per heavy atom. The molecule has 1 atom stereocenters. The second kappa shape index (κ2) is 11.1. The lowest BCUT2D eigenvalue weighted by Gasteiger charge is -2.20. The Morgan fingerprint density at radius 1 is 1.07 bits per heavy atom. The number of benzene rings is 2. The van der Waals surface area contributed by atoms with E-state index in [1.54, 1.807) is 6.21 Å². The number of carbonyl (C=O) groups is 1. The van der Waals surface area contributed by atoms with Crippen LogP contribution in [0.1, 0.15) is 51.2 Å². The van der Waals surface area contributed by atoms with Crippen LogP contribution < -0.4 is 15.1 Å². The first-order valence-electron chi connectivity index (χ1n) is 9.97. The van der Waals surface area contributed by atoms with Crippen molar-refractivity contribution in [3.05, 3.63) is 59.7 Å². The molecule has 5 heteroatoms. The molecule has 0 spiro atoms. The lowest BCUT2D eigenvalue weighted by molar-refractivity contribution is -0.123. The number of carbonyl (C=O) groups excluding carboxylic acids is 1. The predicted octanol–water partition coefficient (Wildman–Crippen LogP) is 4.58. The van der Waals surface area contributed by atoms with Gasteiger partial charge in [0.05, 0.1) is 6.21 Å². The Kier molecular flexibility index (Phi) is 8.53. The number of hydrogen-bond acceptors (Lipinski definition) is 4. The van der Waals surface area contributed by atoms with Crippen molar-refractivity contribution >= 4 is 17.8 Å². The van der Waals surface area contributed by atoms with E-state index in [1.165, 1.54) is 11.3 Å². The summed E-state index contributed by atoms with van der Waals surface area (Å²) in [6, 6.07) is 16.0. The van der Waals surface area contributed by atoms with E-state index in [4.69, 9.17) is 4.74 Å². The van der Waals surface area contributed by atoms with Crippen LogP contribution in [0.5, 0.6) is 5.75 Å². The third kappa shape index (κ3) is 6.41. The number of nitrogens with one attached hydrogen (secondary N) is 1. The topological polar surface area (TPSA) is 53.9 Å². The van der Waals surface area contributed by atoms with Crippen LogP contribution in [0.25, 0.3) is 0 Å². The van der Waals surface area contributed by atoms with Crippen LogP contribution >= 0.6 is 0 Å². The van der Waals surface area contributed by atoms with E-state index >= 15 is 0 Å². The standard InChI is InChI=1S/C23H31N3O2/c1-5-18(4)20-10-14-22(15-11-20)28-17-23(27)25-24-16-19-8-12-21(13-9-19)26(6-2)7-3/h8-16,18H,5-7,17H2,1-4H3,(H,25,27)/b24-16+/t18-/m1/s1. The van der Waals surface area contributed by atoms with E-state index in [0.29, 0.717) is 11.7 Å². The minimum Gasteiger partial charge on any atom is -0.484 e. The van der Waals surface area contributed by atoms with Gasteiger partial charge in [0.1, 0.15) is 5.75 Å². The number of nitrogens with zero attached hydrogens (tertiary/aromatic N) is 2. The summed E-state index contributed by atoms with van der Waals surface area (Å²) in [7, 11) is 0. The van der Waals surface area contributed by atoms with Crippen LogP contribution in [0.4, 0.5) is 5.69 Å². The molecule has 150 valence electrons. The molecule has 2 aromatic rings. The molecule has 0 aliphatic heterocycles. The van der Waals surface area contributed by atoms with Crippen LogP contribution in [-0.4, -0.2) is 31.8 Å². The second-order valence-electron chi connectivity index (χ2n) is 6.72. The van der Waals surface area contributed by atoms with Crippen molar-refractivity contribution in [1.82, 2.24) is 5.43 Å². The van der Waals surface area contributed by atoms with Crippen molar-refractivity contribution in [2.24, 2.45) is 5.10 Å². The molecule has 0 unspecified atom stereocenters. The molecular formula is C23H31N3O2. The Hall–Kier alpha value is -2.82. The molecule has 0 saturated heterocycles. The summed E-state index contributed by atoms with van der Waals surface area (Å²) in [5, 5.41) is 4.00. The maximum absolute atomic E-state index is 11.9. The minimum atomic E-state index is -0.290. The second-order valence-corrected chi connectivity index (χ2v) is 6.72. The highest BCUT2D eigenvalue weighted by Crippen LogP contribution is 2.21. The van der Waals surface area contributed by atoms with Crippen LogP contribution in [0.2, 0.25) is 0 Å². The molecule has 0 aliphatic rings. The fourth-order valence-electron chi connectivity index (χ4n) is 2.85. The fourth-order valence-corrected chi connectivity index (χ4v) is 2.85. The fraction of sp³-hybridized carbons (Fsp3) is 0.391. The van der Waals surface area contributed by atoms with Crippen LogP contribution in [0.15, 0.2) is 53.6 Å². The Morgan fingerprint density at radius 3 is 2.29 bits per heavy atom. The molecule has 5 nitrogen and oxygen atoms in total. The highest BCUT2D eigenvalue weighted by Gasteiger charge is 2.05. The van der Waals surface area contributed by atoms with Gasteiger partial charge < -0.3 is 9.64 Å². The van der Waals surface area contributed by atoms with E-state index in [1.807, 2.05) is 36.4 Å². The van der Waals surface area contributed by atoms with Gasteiger partial charge in [-0.1, -0.05) is 38.1 Å². The van der Waals surface area contributed by atoms with Gasteiger partial charge >= 0.3 is 0 Å². The summed E-state index contributed by atoms with van der Waals surface area (Å²) in [5.41, 5.74) is 5.88. The molecule has 2 aromatic carbocycles. The zero-order chi connectivity index (χ0) is 20.4. The minimum absolute atomic E-state index is 0.0685. The lowest BCUT2D eigenvalue weighted by Crippen LogP contribution is -2.24. The van der Waals surface area contributed by atoms with Gasteiger partial charge in [0, 0.05) is 18.8 Å². The smallest absolute Gasteiger partial charge is 0.277 e. The van der Waals surface area contributed by atoms with Crippen molar-refractivity contribution in [2.45, 2.75) is 40.0 Å². The van der Waals surface area contributed by atoms with E-state index < -0.39 is 0 Å². The summed E-state index contributed by atoms with van der Waals surface area (Å²) in [6.45, 7) is 10.5. The number of anilines is 1. The third-order valence-corrected chi connectivity index (χ3v) is 4.86. The van der Waals surface area contributed by atoms with Crippen molar-refractivity contribution in [2.75, 3.05) is 24.6 Å². The van der Waals surface area contributed by atoms with Gasteiger partial charge in [-0.2, -0.15) is 5.10 Å². The van der Waals surface area contributed by atoms with Gasteiger partial charge in [-0.25, -0.2) is 5.43 Å². The highest BCUT2D eigenvalue weighted by atomic mass is 16.5. The zero-order valence-electron chi connectivity index (χ0n) is 17.3. The van der Waals surface area contributed by atoms with Crippen LogP contribution in [0, 0.1) is 0 Å². The SMILES string of the molecule is CC[C@@H](C)c1ccc(OCC(=O)N/N=C/c2ccc(N(CC)CC)cc2)cc1. The van der Waals surface area contributed by atoms with Gasteiger partial charge in [0.15, 0.2) is 6.61 Å². The van der Waals surface area contributed by atoms with E-state index in [-0.39, 0.29) is 12.5 Å². The van der Waals surface area contributed by atoms with Crippen LogP contribution in [0.3, 0.4) is 0 Å². The lowest BCUT2D eigenvalue weighted by atomic mass is 9.99. The van der Waals surface area contributed by atoms with E-state index in [2.05, 4.69) is 55.3 Å². The normalized spacial score (nSPS) is 12.0. The maximum Gasteiger partial charge on any atom is 0.277 e. The van der Waals surface area contributed by atoms with Gasteiger partial charge in [-0.15, -0.1) is 0 Å². The summed E-state index contributed by atoms with van der Waals surface area (Å²) < 4.78 is 5.51. The number of hydrazone groups is 1. The summed E-state index contributed by atoms with van der Waals surface area (Å²) >= 11 is 0. The molecule has 0 bridgehead atoms. The maximum atomic E-state index is 11.9. The first-order valence-corrected chi connectivity index (χ1v) is 9.97. The van der Waals surface area contributed by atoms with Gasteiger partial charge in [0.2, 0.25) is 0 Å². The monoisotopic (exact) mass is 381 g/mol. The zero-order valence-corrected chi connectivity index (χ0v) is 17.3. The molecule has 0 fully saturated rings. The summed E-state index contributed by atoms with van der Waals surface area (Å²) in [4.78, 5) is 14.2. The molecular weight excluding hydrogens is 350 g/mol. The average Bonchev–Trinajstić information content (AvgIpc) is 2.74. The van der Waals surface area contributed by atoms with Crippen molar-refractivity contribution in [1.29, 1.82) is 0 Å². The average molecular weight is 382 g/mol. The van der Waals surface area contributed by atoms with Gasteiger partial charge in [0.25, 0.3) is 5.91 Å². The van der Waals surface area contributed by atoms with E-state index in [9.17, 15) is 4.79 Å². The molecule has 1 N–H and O–H groups in total. The Balaban J connectivity index is 1.79. The van der Waals surface area contributed by atoms with E-state index in [0.717, 1.165) is 25.1 Å². The molecule has 28 heavy (non-hydrogen) atoms. The molecule has 2 rings (SSSR count). The molecule has 1 amide bonds. The van der Waals surface area contributed by atoms with Crippen molar-refractivity contribution < 1.29 is 9.53 Å². The van der Waals surface area contributed by atoms with Gasteiger partial charge in [-0.05, 0) is 61.6 Å². The molecule has 0 aliphatic carbocycles. The summed E-state index contributed by atoms with van der Waals surface area (Å²) in [6.07, 6.45) is 2.73. The number of rotatable bonds is 10. The Labute approximate surface area is 168 Å². The summed E-state index contributed by atoms with van der Waals surface area (Å²) in [5.74, 6) is 0.910. The molecule has 0 aromatic heterocycles. The molecule has 0 radical (unpaired) electrons. The molecule has 0 heterocycles. The first-order chi connectivity index (χ1) is 13.6. The largest absolute Gasteiger partial charge is 0.484 e. The Bertz CT molecular complexity index is 750. The number of hydrogen-bond donors (Lipinski definition) is 1. The molecule has 0 saturated carbocycles. The third-order valence-electron chi connectivity index (χ3n) is 4.86. The van der Waals surface area contributed by atoms with Crippen molar-refractivity contribution in [3.63, 3.8) is 0 Å². The van der Waals surface area contributed by atoms with Crippen LogP contribution in [-0.2, 0) is 4.79 Å². The predicted molar refractivity (Wildman–Crippen MR) is 116 cm³/mol. The highest BCUT2D eigenvalue weighted by molar-refractivity contribution is 5.83. The van der Waals surface area contributed by atoms with Gasteiger partial charge in [-0.3, -0.25) is 4.79 Å². The first kappa shape index (κ1) is 21.5. The number of ether oxygens (including phenoxy) is 1. The van der Waals surface area contributed by atoms with Crippen molar-refractivity contribution in [3.8, 4) is 5.75 Å². The number of amides is 1.